The Morgan fingerprint density at radius 2 is 1.79 bits per heavy atom. The highest BCUT2D eigenvalue weighted by Crippen LogP contribution is 2.32. The van der Waals surface area contributed by atoms with Gasteiger partial charge >= 0.3 is 0 Å². The summed E-state index contributed by atoms with van der Waals surface area (Å²) in [5, 5.41) is 3.77. The number of rotatable bonds is 6. The Morgan fingerprint density at radius 1 is 1.07 bits per heavy atom. The van der Waals surface area contributed by atoms with Crippen LogP contribution in [-0.2, 0) is 11.3 Å². The fraction of sp³-hybridized carbons (Fsp3) is 0.409. The van der Waals surface area contributed by atoms with Crippen LogP contribution in [0.1, 0.15) is 24.1 Å². The number of carbonyl (C=O) groups is 1. The second-order valence-corrected chi connectivity index (χ2v) is 8.26. The maximum absolute atomic E-state index is 12.5. The Hall–Kier alpha value is -2.28. The molecule has 2 heterocycles. The van der Waals surface area contributed by atoms with Gasteiger partial charge in [-0.05, 0) is 36.8 Å². The monoisotopic (exact) mass is 417 g/mol. The standard InChI is InChI=1S/C22H26ClN3O3/c1-16(18-4-2-3-5-19(18)23)24-22(27)14-26-10-8-25(9-11-26)13-17-6-7-20-21(12-17)29-15-28-20/h2-7,12,16H,8-11,13-15H2,1H3,(H,24,27)/p+2/t16-/m1/s1. The van der Waals surface area contributed by atoms with Crippen LogP contribution in [0.4, 0.5) is 0 Å². The van der Waals surface area contributed by atoms with E-state index < -0.39 is 0 Å². The SMILES string of the molecule is C[C@@H](NC(=O)C[NH+]1CC[NH+](Cc2ccc3c(c2)OCO3)CC1)c1ccccc1Cl. The quantitative estimate of drug-likeness (QED) is 0.630. The number of hydrogen-bond acceptors (Lipinski definition) is 3. The van der Waals surface area contributed by atoms with Gasteiger partial charge in [0.25, 0.3) is 5.91 Å². The van der Waals surface area contributed by atoms with Gasteiger partial charge in [-0.1, -0.05) is 29.8 Å². The molecule has 2 aliphatic heterocycles. The highest BCUT2D eigenvalue weighted by atomic mass is 35.5. The van der Waals surface area contributed by atoms with E-state index in [2.05, 4.69) is 17.4 Å². The van der Waals surface area contributed by atoms with E-state index in [1.807, 2.05) is 37.3 Å². The third kappa shape index (κ3) is 5.01. The largest absolute Gasteiger partial charge is 0.454 e. The Balaban J connectivity index is 1.22. The van der Waals surface area contributed by atoms with E-state index in [1.165, 1.54) is 15.4 Å². The molecule has 1 fully saturated rings. The van der Waals surface area contributed by atoms with Gasteiger partial charge in [0.2, 0.25) is 6.79 Å². The molecule has 0 saturated carbocycles. The van der Waals surface area contributed by atoms with Gasteiger partial charge in [-0.15, -0.1) is 0 Å². The van der Waals surface area contributed by atoms with Gasteiger partial charge in [0.15, 0.2) is 18.0 Å². The molecule has 0 bridgehead atoms. The van der Waals surface area contributed by atoms with E-state index in [0.29, 0.717) is 18.4 Å². The summed E-state index contributed by atoms with van der Waals surface area (Å²) in [6.07, 6.45) is 0. The number of quaternary nitrogens is 2. The van der Waals surface area contributed by atoms with Crippen molar-refractivity contribution in [2.75, 3.05) is 39.5 Å². The second-order valence-electron chi connectivity index (χ2n) is 7.85. The summed E-state index contributed by atoms with van der Waals surface area (Å²) < 4.78 is 10.9. The maximum atomic E-state index is 12.5. The van der Waals surface area contributed by atoms with Crippen LogP contribution in [0.15, 0.2) is 42.5 Å². The summed E-state index contributed by atoms with van der Waals surface area (Å²) in [5.74, 6) is 1.75. The Kier molecular flexibility index (Phi) is 6.23. The van der Waals surface area contributed by atoms with Gasteiger partial charge in [0.05, 0.1) is 6.04 Å². The highest BCUT2D eigenvalue weighted by Gasteiger charge is 2.26. The van der Waals surface area contributed by atoms with Crippen LogP contribution in [0.25, 0.3) is 0 Å². The molecule has 2 aliphatic rings. The fourth-order valence-electron chi connectivity index (χ4n) is 4.07. The molecule has 1 saturated heterocycles. The van der Waals surface area contributed by atoms with Crippen molar-refractivity contribution in [3.8, 4) is 11.5 Å². The molecule has 0 unspecified atom stereocenters. The van der Waals surface area contributed by atoms with Gasteiger partial charge < -0.3 is 24.6 Å². The lowest BCUT2D eigenvalue weighted by Gasteiger charge is -2.29. The topological polar surface area (TPSA) is 56.4 Å². The predicted octanol–water partition coefficient (Wildman–Crippen LogP) is 0.230. The summed E-state index contributed by atoms with van der Waals surface area (Å²) in [5.41, 5.74) is 2.22. The number of ether oxygens (including phenoxy) is 2. The number of nitrogens with one attached hydrogen (secondary N) is 3. The molecule has 1 atom stereocenters. The second kappa shape index (κ2) is 9.03. The predicted molar refractivity (Wildman–Crippen MR) is 111 cm³/mol. The van der Waals surface area contributed by atoms with Crippen molar-refractivity contribution >= 4 is 17.5 Å². The minimum absolute atomic E-state index is 0.0756. The maximum Gasteiger partial charge on any atom is 0.275 e. The number of halogens is 1. The minimum atomic E-state index is -0.0893. The lowest BCUT2D eigenvalue weighted by molar-refractivity contribution is -1.02. The summed E-state index contributed by atoms with van der Waals surface area (Å²) >= 11 is 6.23. The molecule has 2 aromatic carbocycles. The summed E-state index contributed by atoms with van der Waals surface area (Å²) in [6.45, 7) is 7.86. The molecular weight excluding hydrogens is 390 g/mol. The number of benzene rings is 2. The number of amides is 1. The number of piperazine rings is 1. The number of carbonyl (C=O) groups excluding carboxylic acids is 1. The van der Waals surface area contributed by atoms with E-state index in [0.717, 1.165) is 49.8 Å². The average molecular weight is 418 g/mol. The summed E-state index contributed by atoms with van der Waals surface area (Å²) in [7, 11) is 0. The van der Waals surface area contributed by atoms with Crippen LogP contribution >= 0.6 is 11.6 Å². The third-order valence-corrected chi connectivity index (χ3v) is 6.06. The molecule has 1 amide bonds. The molecule has 4 rings (SSSR count). The van der Waals surface area contributed by atoms with E-state index in [-0.39, 0.29) is 11.9 Å². The van der Waals surface area contributed by atoms with E-state index >= 15 is 0 Å². The van der Waals surface area contributed by atoms with Crippen molar-refractivity contribution < 1.29 is 24.1 Å². The Bertz CT molecular complexity index is 868. The molecule has 0 aliphatic carbocycles. The van der Waals surface area contributed by atoms with Crippen molar-refractivity contribution in [1.29, 1.82) is 0 Å². The highest BCUT2D eigenvalue weighted by molar-refractivity contribution is 6.31. The molecule has 3 N–H and O–H groups in total. The molecule has 0 spiro atoms. The number of fused-ring (bicyclic) bond motifs is 1. The van der Waals surface area contributed by atoms with E-state index in [1.54, 1.807) is 0 Å². The van der Waals surface area contributed by atoms with E-state index in [4.69, 9.17) is 21.1 Å². The number of hydrogen-bond donors (Lipinski definition) is 3. The van der Waals surface area contributed by atoms with Crippen molar-refractivity contribution in [2.24, 2.45) is 0 Å². The first-order valence-corrected chi connectivity index (χ1v) is 10.6. The van der Waals surface area contributed by atoms with Crippen molar-refractivity contribution in [2.45, 2.75) is 19.5 Å². The zero-order valence-corrected chi connectivity index (χ0v) is 17.4. The van der Waals surface area contributed by atoms with Gasteiger partial charge in [0.1, 0.15) is 32.7 Å². The average Bonchev–Trinajstić information content (AvgIpc) is 3.17. The normalized spacial score (nSPS) is 21.6. The lowest BCUT2D eigenvalue weighted by atomic mass is 10.1. The van der Waals surface area contributed by atoms with Crippen LogP contribution in [0.5, 0.6) is 11.5 Å². The third-order valence-electron chi connectivity index (χ3n) is 5.72. The molecule has 0 aromatic heterocycles. The molecule has 7 heteroatoms. The Morgan fingerprint density at radius 3 is 2.59 bits per heavy atom. The fourth-order valence-corrected chi connectivity index (χ4v) is 4.37. The summed E-state index contributed by atoms with van der Waals surface area (Å²) in [4.78, 5) is 15.4. The van der Waals surface area contributed by atoms with Crippen molar-refractivity contribution in [1.82, 2.24) is 5.32 Å². The molecule has 0 radical (unpaired) electrons. The van der Waals surface area contributed by atoms with Crippen LogP contribution < -0.4 is 24.6 Å². The molecule has 2 aromatic rings. The van der Waals surface area contributed by atoms with Gasteiger partial charge in [-0.25, -0.2) is 0 Å². The van der Waals surface area contributed by atoms with Crippen LogP contribution in [-0.4, -0.2) is 45.4 Å². The molecule has 154 valence electrons. The van der Waals surface area contributed by atoms with Crippen LogP contribution in [0, 0.1) is 0 Å². The van der Waals surface area contributed by atoms with E-state index in [9.17, 15) is 4.79 Å². The molecular formula is C22H28ClN3O3+2. The van der Waals surface area contributed by atoms with Crippen LogP contribution in [0.3, 0.4) is 0 Å². The summed E-state index contributed by atoms with van der Waals surface area (Å²) in [6, 6.07) is 13.7. The van der Waals surface area contributed by atoms with Crippen molar-refractivity contribution in [3.05, 3.63) is 58.6 Å². The van der Waals surface area contributed by atoms with Gasteiger partial charge in [-0.3, -0.25) is 4.79 Å². The lowest BCUT2D eigenvalue weighted by Crippen LogP contribution is -3.28. The minimum Gasteiger partial charge on any atom is -0.454 e. The van der Waals surface area contributed by atoms with Gasteiger partial charge in [0, 0.05) is 10.6 Å². The molecule has 6 nitrogen and oxygen atoms in total. The zero-order chi connectivity index (χ0) is 20.2. The first kappa shape index (κ1) is 20.0. The first-order valence-electron chi connectivity index (χ1n) is 10.2. The first-order chi connectivity index (χ1) is 14.1. The van der Waals surface area contributed by atoms with Crippen molar-refractivity contribution in [3.63, 3.8) is 0 Å². The van der Waals surface area contributed by atoms with Gasteiger partial charge in [-0.2, -0.15) is 0 Å². The molecule has 29 heavy (non-hydrogen) atoms. The zero-order valence-electron chi connectivity index (χ0n) is 16.7. The Labute approximate surface area is 176 Å². The van der Waals surface area contributed by atoms with Crippen LogP contribution in [0.2, 0.25) is 5.02 Å². The smallest absolute Gasteiger partial charge is 0.275 e.